The molecule has 12 heteroatoms. The van der Waals surface area contributed by atoms with E-state index in [1.54, 1.807) is 24.3 Å². The van der Waals surface area contributed by atoms with Crippen molar-refractivity contribution in [1.29, 1.82) is 0 Å². The average Bonchev–Trinajstić information content (AvgIpc) is 3.22. The van der Waals surface area contributed by atoms with E-state index in [9.17, 15) is 22.8 Å². The van der Waals surface area contributed by atoms with Crippen LogP contribution in [0.15, 0.2) is 33.6 Å². The fourth-order valence-electron chi connectivity index (χ4n) is 2.40. The lowest BCUT2D eigenvalue weighted by Gasteiger charge is -2.04. The Hall–Kier alpha value is -2.18. The highest BCUT2D eigenvalue weighted by molar-refractivity contribution is 9.10. The van der Waals surface area contributed by atoms with E-state index >= 15 is 0 Å². The van der Waals surface area contributed by atoms with E-state index in [-0.39, 0.29) is 15.6 Å². The monoisotopic (exact) mass is 474 g/mol. The van der Waals surface area contributed by atoms with Crippen LogP contribution in [0.4, 0.5) is 18.0 Å². The second-order valence-electron chi connectivity index (χ2n) is 5.28. The molecule has 4 rings (SSSR count). The van der Waals surface area contributed by atoms with Gasteiger partial charge in [-0.25, -0.2) is 9.50 Å². The molecule has 1 N–H and O–H groups in total. The van der Waals surface area contributed by atoms with E-state index in [1.165, 1.54) is 6.08 Å². The van der Waals surface area contributed by atoms with Crippen LogP contribution in [0.5, 0.6) is 0 Å². The van der Waals surface area contributed by atoms with Crippen molar-refractivity contribution >= 4 is 61.2 Å². The molecule has 138 valence electrons. The molecule has 1 aliphatic heterocycles. The first-order chi connectivity index (χ1) is 12.7. The lowest BCUT2D eigenvalue weighted by molar-refractivity contribution is -0.138. The van der Waals surface area contributed by atoms with Crippen LogP contribution in [0, 0.1) is 0 Å². The van der Waals surface area contributed by atoms with E-state index in [4.69, 9.17) is 0 Å². The zero-order chi connectivity index (χ0) is 19.3. The van der Waals surface area contributed by atoms with Crippen molar-refractivity contribution in [2.24, 2.45) is 0 Å². The van der Waals surface area contributed by atoms with Gasteiger partial charge in [0.05, 0.1) is 10.6 Å². The third-order valence-corrected chi connectivity index (χ3v) is 5.97. The molecule has 27 heavy (non-hydrogen) atoms. The lowest BCUT2D eigenvalue weighted by Crippen LogP contribution is -2.17. The van der Waals surface area contributed by atoms with Crippen LogP contribution in [0.25, 0.3) is 22.3 Å². The molecule has 1 fully saturated rings. The lowest BCUT2D eigenvalue weighted by atomic mass is 10.1. The standard InChI is InChI=1S/C15H6BrF3N4O2S2/c16-7-4-2-1-3-6(7)10-8(5-9-11(24)21-14(25)26-9)23-13(20-10)27-12(22-23)15(17,18)19/h1-5H,(H,21,24,25)/b9-5-. The number of fused-ring (bicyclic) bond motifs is 1. The van der Waals surface area contributed by atoms with E-state index in [2.05, 4.69) is 31.3 Å². The Labute approximate surface area is 165 Å². The van der Waals surface area contributed by atoms with Gasteiger partial charge in [-0.15, -0.1) is 5.10 Å². The van der Waals surface area contributed by atoms with Gasteiger partial charge in [-0.2, -0.15) is 13.2 Å². The normalized spacial score (nSPS) is 16.5. The summed E-state index contributed by atoms with van der Waals surface area (Å²) in [6.07, 6.45) is -3.29. The maximum absolute atomic E-state index is 13.0. The van der Waals surface area contributed by atoms with Crippen LogP contribution in [0.3, 0.4) is 0 Å². The van der Waals surface area contributed by atoms with E-state index in [0.29, 0.717) is 38.8 Å². The number of carbonyl (C=O) groups excluding carboxylic acids is 2. The number of imidazole rings is 1. The Balaban J connectivity index is 1.97. The summed E-state index contributed by atoms with van der Waals surface area (Å²) in [5.41, 5.74) is 1.14. The highest BCUT2D eigenvalue weighted by Gasteiger charge is 2.37. The van der Waals surface area contributed by atoms with Crippen molar-refractivity contribution in [3.05, 3.63) is 44.3 Å². The topological polar surface area (TPSA) is 76.4 Å². The van der Waals surface area contributed by atoms with Gasteiger partial charge in [0.25, 0.3) is 11.1 Å². The number of halogens is 4. The highest BCUT2D eigenvalue weighted by Crippen LogP contribution is 2.38. The van der Waals surface area contributed by atoms with Crippen molar-refractivity contribution in [2.75, 3.05) is 0 Å². The maximum atomic E-state index is 13.0. The van der Waals surface area contributed by atoms with E-state index in [1.807, 2.05) is 0 Å². The number of carbonyl (C=O) groups is 2. The largest absolute Gasteiger partial charge is 0.445 e. The molecule has 0 radical (unpaired) electrons. The molecule has 2 amide bonds. The minimum absolute atomic E-state index is 0.0228. The van der Waals surface area contributed by atoms with Crippen LogP contribution in [0.1, 0.15) is 10.7 Å². The first-order valence-corrected chi connectivity index (χ1v) is 9.63. The number of nitrogens with zero attached hydrogens (tertiary/aromatic N) is 3. The molecule has 2 aromatic heterocycles. The van der Waals surface area contributed by atoms with Crippen molar-refractivity contribution in [3.63, 3.8) is 0 Å². The zero-order valence-corrected chi connectivity index (χ0v) is 16.1. The molecule has 0 atom stereocenters. The van der Waals surface area contributed by atoms with Gasteiger partial charge in [0.15, 0.2) is 0 Å². The number of nitrogens with one attached hydrogen (secondary N) is 1. The molecule has 6 nitrogen and oxygen atoms in total. The van der Waals surface area contributed by atoms with Gasteiger partial charge in [-0.3, -0.25) is 14.9 Å². The third-order valence-electron chi connectivity index (χ3n) is 3.52. The summed E-state index contributed by atoms with van der Waals surface area (Å²) in [4.78, 5) is 27.6. The summed E-state index contributed by atoms with van der Waals surface area (Å²) < 4.78 is 40.7. The number of amides is 2. The zero-order valence-electron chi connectivity index (χ0n) is 12.9. The van der Waals surface area contributed by atoms with Gasteiger partial charge in [-0.1, -0.05) is 45.5 Å². The number of benzene rings is 1. The molecular formula is C15H6BrF3N4O2S2. The molecule has 0 bridgehead atoms. The summed E-state index contributed by atoms with van der Waals surface area (Å²) in [5.74, 6) is -0.621. The SMILES string of the molecule is O=C1NC(=O)/C(=C/c2c(-c3ccccc3Br)nc3sc(C(F)(F)F)nn23)S1. The first kappa shape index (κ1) is 18.2. The second-order valence-corrected chi connectivity index (χ2v) is 8.10. The Kier molecular flexibility index (Phi) is 4.35. The minimum atomic E-state index is -4.61. The molecular weight excluding hydrogens is 469 g/mol. The number of rotatable bonds is 2. The Morgan fingerprint density at radius 1 is 1.22 bits per heavy atom. The van der Waals surface area contributed by atoms with Gasteiger partial charge in [0, 0.05) is 10.0 Å². The predicted octanol–water partition coefficient (Wildman–Crippen LogP) is 4.56. The van der Waals surface area contributed by atoms with Gasteiger partial charge in [0.1, 0.15) is 5.69 Å². The Morgan fingerprint density at radius 3 is 2.59 bits per heavy atom. The van der Waals surface area contributed by atoms with E-state index < -0.39 is 22.3 Å². The first-order valence-electron chi connectivity index (χ1n) is 7.20. The Bertz CT molecular complexity index is 1140. The quantitative estimate of drug-likeness (QED) is 0.550. The summed E-state index contributed by atoms with van der Waals surface area (Å²) in [7, 11) is 0. The summed E-state index contributed by atoms with van der Waals surface area (Å²) in [6, 6.07) is 7.02. The fraction of sp³-hybridized carbons (Fsp3) is 0.0667. The average molecular weight is 475 g/mol. The molecule has 1 saturated heterocycles. The molecule has 0 aliphatic carbocycles. The number of hydrogen-bond acceptors (Lipinski definition) is 6. The van der Waals surface area contributed by atoms with Crippen LogP contribution >= 0.6 is 39.0 Å². The minimum Gasteiger partial charge on any atom is -0.282 e. The molecule has 1 aliphatic rings. The number of hydrogen-bond donors (Lipinski definition) is 1. The van der Waals surface area contributed by atoms with Crippen molar-refractivity contribution in [3.8, 4) is 11.3 Å². The molecule has 1 aromatic carbocycles. The van der Waals surface area contributed by atoms with Crippen molar-refractivity contribution < 1.29 is 22.8 Å². The van der Waals surface area contributed by atoms with Gasteiger partial charge >= 0.3 is 6.18 Å². The number of thioether (sulfide) groups is 1. The van der Waals surface area contributed by atoms with Gasteiger partial charge in [0.2, 0.25) is 9.97 Å². The Morgan fingerprint density at radius 2 is 1.96 bits per heavy atom. The van der Waals surface area contributed by atoms with Crippen LogP contribution in [0.2, 0.25) is 0 Å². The molecule has 0 spiro atoms. The summed E-state index contributed by atoms with van der Waals surface area (Å²) in [6.45, 7) is 0. The highest BCUT2D eigenvalue weighted by atomic mass is 79.9. The van der Waals surface area contributed by atoms with Crippen LogP contribution < -0.4 is 5.32 Å². The van der Waals surface area contributed by atoms with Crippen LogP contribution in [-0.2, 0) is 11.0 Å². The molecule has 3 aromatic rings. The second kappa shape index (κ2) is 6.46. The smallest absolute Gasteiger partial charge is 0.282 e. The third kappa shape index (κ3) is 3.28. The van der Waals surface area contributed by atoms with E-state index in [0.717, 1.165) is 4.52 Å². The molecule has 0 unspecified atom stereocenters. The number of aromatic nitrogens is 3. The maximum Gasteiger partial charge on any atom is 0.445 e. The van der Waals surface area contributed by atoms with Crippen LogP contribution in [-0.4, -0.2) is 25.7 Å². The number of alkyl halides is 3. The van der Waals surface area contributed by atoms with Crippen molar-refractivity contribution in [1.82, 2.24) is 19.9 Å². The van der Waals surface area contributed by atoms with Gasteiger partial charge < -0.3 is 0 Å². The number of imide groups is 1. The fourth-order valence-corrected chi connectivity index (χ4v) is 4.31. The predicted molar refractivity (Wildman–Crippen MR) is 98.1 cm³/mol. The molecule has 3 heterocycles. The van der Waals surface area contributed by atoms with Crippen molar-refractivity contribution in [2.45, 2.75) is 6.18 Å². The molecule has 0 saturated carbocycles. The van der Waals surface area contributed by atoms with Gasteiger partial charge in [-0.05, 0) is 23.9 Å². The summed E-state index contributed by atoms with van der Waals surface area (Å²) >= 11 is 4.45. The summed E-state index contributed by atoms with van der Waals surface area (Å²) in [5, 5.41) is 4.11.